The molecule has 1 aliphatic carbocycles. The molecule has 0 spiro atoms. The molecule has 26 heavy (non-hydrogen) atoms. The first-order valence-corrected chi connectivity index (χ1v) is 8.49. The number of rotatable bonds is 6. The molecule has 2 aromatic carbocycles. The Bertz CT molecular complexity index is 773. The topological polar surface area (TPSA) is 58.6 Å². The molecule has 2 aromatic rings. The Morgan fingerprint density at radius 1 is 1.23 bits per heavy atom. The van der Waals surface area contributed by atoms with Gasteiger partial charge in [-0.3, -0.25) is 4.79 Å². The first-order chi connectivity index (χ1) is 12.5. The van der Waals surface area contributed by atoms with Crippen molar-refractivity contribution in [3.8, 4) is 0 Å². The van der Waals surface area contributed by atoms with Gasteiger partial charge in [0.05, 0.1) is 18.8 Å². The van der Waals surface area contributed by atoms with Crippen molar-refractivity contribution in [3.63, 3.8) is 0 Å². The number of nitrogens with one attached hydrogen (secondary N) is 1. The predicted molar refractivity (Wildman–Crippen MR) is 92.5 cm³/mol. The number of aliphatic hydroxyl groups is 1. The number of methoxy groups -OCH3 is 1. The number of aliphatic hydroxyl groups excluding tert-OH is 1. The third-order valence-electron chi connectivity index (χ3n) is 4.73. The molecule has 0 saturated heterocycles. The molecule has 1 saturated carbocycles. The average molecular weight is 361 g/mol. The van der Waals surface area contributed by atoms with Crippen molar-refractivity contribution in [2.45, 2.75) is 31.6 Å². The fraction of sp³-hybridized carbons (Fsp3) is 0.350. The van der Waals surface area contributed by atoms with Gasteiger partial charge in [0.25, 0.3) is 5.91 Å². The van der Waals surface area contributed by atoms with E-state index in [0.29, 0.717) is 25.0 Å². The standard InChI is InChI=1S/C20H21F2NO3/c1-26-11-12-2-4-13(5-3-12)20(25)23-19(14-8-16(24)9-14)17-7-6-15(21)10-18(17)22/h2-7,10,14,16,19,24H,8-9,11H2,1H3,(H,23,25)/t14?,16?,19-/m1/s1. The average Bonchev–Trinajstić information content (AvgIpc) is 2.58. The van der Waals surface area contributed by atoms with Crippen LogP contribution in [0.1, 0.15) is 40.4 Å². The number of hydrogen-bond acceptors (Lipinski definition) is 3. The Labute approximate surface area is 150 Å². The summed E-state index contributed by atoms with van der Waals surface area (Å²) in [6.45, 7) is 0.450. The zero-order valence-corrected chi connectivity index (χ0v) is 14.4. The van der Waals surface area contributed by atoms with E-state index in [2.05, 4.69) is 5.32 Å². The summed E-state index contributed by atoms with van der Waals surface area (Å²) < 4.78 is 32.5. The van der Waals surface area contributed by atoms with Crippen LogP contribution < -0.4 is 5.32 Å². The highest BCUT2D eigenvalue weighted by atomic mass is 19.1. The fourth-order valence-corrected chi connectivity index (χ4v) is 3.25. The highest BCUT2D eigenvalue weighted by Gasteiger charge is 2.37. The lowest BCUT2D eigenvalue weighted by molar-refractivity contribution is 0.0229. The van der Waals surface area contributed by atoms with Gasteiger partial charge in [-0.15, -0.1) is 0 Å². The molecule has 1 aliphatic rings. The van der Waals surface area contributed by atoms with Crippen LogP contribution in [0.25, 0.3) is 0 Å². The highest BCUT2D eigenvalue weighted by molar-refractivity contribution is 5.94. The molecule has 0 aromatic heterocycles. The third kappa shape index (κ3) is 4.08. The van der Waals surface area contributed by atoms with Crippen molar-refractivity contribution >= 4 is 5.91 Å². The molecular weight excluding hydrogens is 340 g/mol. The minimum atomic E-state index is -0.702. The summed E-state index contributed by atoms with van der Waals surface area (Å²) in [5.41, 5.74) is 1.61. The van der Waals surface area contributed by atoms with E-state index >= 15 is 0 Å². The van der Waals surface area contributed by atoms with Crippen LogP contribution in [-0.2, 0) is 11.3 Å². The summed E-state index contributed by atoms with van der Waals surface area (Å²) in [7, 11) is 1.59. The Hall–Kier alpha value is -2.31. The number of ether oxygens (including phenoxy) is 1. The van der Waals surface area contributed by atoms with Gasteiger partial charge in [0.15, 0.2) is 0 Å². The first-order valence-electron chi connectivity index (χ1n) is 8.49. The van der Waals surface area contributed by atoms with E-state index in [0.717, 1.165) is 11.6 Å². The minimum Gasteiger partial charge on any atom is -0.393 e. The van der Waals surface area contributed by atoms with E-state index < -0.39 is 23.8 Å². The van der Waals surface area contributed by atoms with Crippen LogP contribution in [0, 0.1) is 17.6 Å². The van der Waals surface area contributed by atoms with Crippen LogP contribution in [0.5, 0.6) is 0 Å². The second kappa shape index (κ2) is 7.93. The number of hydrogen-bond donors (Lipinski definition) is 2. The molecule has 0 unspecified atom stereocenters. The molecule has 0 radical (unpaired) electrons. The van der Waals surface area contributed by atoms with E-state index in [1.54, 1.807) is 31.4 Å². The summed E-state index contributed by atoms with van der Waals surface area (Å²) >= 11 is 0. The van der Waals surface area contributed by atoms with Crippen molar-refractivity contribution in [1.29, 1.82) is 0 Å². The van der Waals surface area contributed by atoms with Gasteiger partial charge in [-0.2, -0.15) is 0 Å². The highest BCUT2D eigenvalue weighted by Crippen LogP contribution is 2.39. The molecule has 0 aliphatic heterocycles. The van der Waals surface area contributed by atoms with Crippen LogP contribution in [-0.4, -0.2) is 24.2 Å². The SMILES string of the molecule is COCc1ccc(C(=O)N[C@@H](c2ccc(F)cc2F)C2CC(O)C2)cc1. The van der Waals surface area contributed by atoms with Crippen molar-refractivity contribution in [2.24, 2.45) is 5.92 Å². The molecule has 1 atom stereocenters. The van der Waals surface area contributed by atoms with Crippen LogP contribution in [0.4, 0.5) is 8.78 Å². The Kier molecular flexibility index (Phi) is 5.64. The number of carbonyl (C=O) groups is 1. The molecular formula is C20H21F2NO3. The van der Waals surface area contributed by atoms with Crippen LogP contribution >= 0.6 is 0 Å². The number of amides is 1. The lowest BCUT2D eigenvalue weighted by Crippen LogP contribution is -2.41. The Balaban J connectivity index is 1.80. The third-order valence-corrected chi connectivity index (χ3v) is 4.73. The van der Waals surface area contributed by atoms with E-state index in [1.807, 2.05) is 0 Å². The summed E-state index contributed by atoms with van der Waals surface area (Å²) in [5, 5.41) is 12.4. The van der Waals surface area contributed by atoms with E-state index in [9.17, 15) is 18.7 Å². The van der Waals surface area contributed by atoms with Gasteiger partial charge in [-0.05, 0) is 42.5 Å². The summed E-state index contributed by atoms with van der Waals surface area (Å²) in [4.78, 5) is 12.6. The minimum absolute atomic E-state index is 0.0957. The van der Waals surface area contributed by atoms with Gasteiger partial charge in [0.1, 0.15) is 11.6 Å². The summed E-state index contributed by atoms with van der Waals surface area (Å²) in [5.74, 6) is -1.81. The summed E-state index contributed by atoms with van der Waals surface area (Å²) in [6, 6.07) is 9.65. The maximum absolute atomic E-state index is 14.2. The normalized spacial score (nSPS) is 20.3. The second-order valence-corrected chi connectivity index (χ2v) is 6.63. The fourth-order valence-electron chi connectivity index (χ4n) is 3.25. The number of carbonyl (C=O) groups excluding carboxylic acids is 1. The van der Waals surface area contributed by atoms with Gasteiger partial charge in [-0.1, -0.05) is 18.2 Å². The van der Waals surface area contributed by atoms with Crippen molar-refractivity contribution in [2.75, 3.05) is 7.11 Å². The largest absolute Gasteiger partial charge is 0.393 e. The maximum Gasteiger partial charge on any atom is 0.251 e. The van der Waals surface area contributed by atoms with Gasteiger partial charge in [-0.25, -0.2) is 8.78 Å². The molecule has 3 rings (SSSR count). The molecule has 138 valence electrons. The summed E-state index contributed by atoms with van der Waals surface area (Å²) in [6.07, 6.45) is 0.486. The number of benzene rings is 2. The van der Waals surface area contributed by atoms with E-state index in [4.69, 9.17) is 4.74 Å². The van der Waals surface area contributed by atoms with Crippen LogP contribution in [0.3, 0.4) is 0 Å². The number of halogens is 2. The van der Waals surface area contributed by atoms with Crippen molar-refractivity contribution in [1.82, 2.24) is 5.32 Å². The molecule has 6 heteroatoms. The molecule has 1 fully saturated rings. The monoisotopic (exact) mass is 361 g/mol. The zero-order chi connectivity index (χ0) is 18.7. The van der Waals surface area contributed by atoms with Gasteiger partial charge in [0.2, 0.25) is 0 Å². The lowest BCUT2D eigenvalue weighted by Gasteiger charge is -2.38. The maximum atomic E-state index is 14.2. The van der Waals surface area contributed by atoms with Gasteiger partial charge in [0, 0.05) is 24.3 Å². The second-order valence-electron chi connectivity index (χ2n) is 6.63. The predicted octanol–water partition coefficient (Wildman–Crippen LogP) is 3.35. The van der Waals surface area contributed by atoms with Gasteiger partial charge < -0.3 is 15.2 Å². The van der Waals surface area contributed by atoms with Crippen LogP contribution in [0.2, 0.25) is 0 Å². The Morgan fingerprint density at radius 2 is 1.92 bits per heavy atom. The van der Waals surface area contributed by atoms with E-state index in [-0.39, 0.29) is 17.4 Å². The molecule has 0 heterocycles. The Morgan fingerprint density at radius 3 is 2.50 bits per heavy atom. The van der Waals surface area contributed by atoms with Crippen molar-refractivity contribution in [3.05, 3.63) is 70.8 Å². The smallest absolute Gasteiger partial charge is 0.251 e. The molecule has 1 amide bonds. The lowest BCUT2D eigenvalue weighted by atomic mass is 9.75. The quantitative estimate of drug-likeness (QED) is 0.830. The van der Waals surface area contributed by atoms with Crippen LogP contribution in [0.15, 0.2) is 42.5 Å². The molecule has 0 bridgehead atoms. The van der Waals surface area contributed by atoms with Gasteiger partial charge >= 0.3 is 0 Å². The molecule has 2 N–H and O–H groups in total. The first kappa shape index (κ1) is 18.5. The molecule has 4 nitrogen and oxygen atoms in total. The van der Waals surface area contributed by atoms with Crippen molar-refractivity contribution < 1.29 is 23.4 Å². The zero-order valence-electron chi connectivity index (χ0n) is 14.4. The van der Waals surface area contributed by atoms with E-state index in [1.165, 1.54) is 12.1 Å².